The summed E-state index contributed by atoms with van der Waals surface area (Å²) in [5.74, 6) is 0.116. The maximum Gasteiger partial charge on any atom is 0.224 e. The van der Waals surface area contributed by atoms with Crippen molar-refractivity contribution in [3.8, 4) is 0 Å². The summed E-state index contributed by atoms with van der Waals surface area (Å²) >= 11 is 1.71. The summed E-state index contributed by atoms with van der Waals surface area (Å²) in [7, 11) is 1.86. The van der Waals surface area contributed by atoms with E-state index in [4.69, 9.17) is 0 Å². The van der Waals surface area contributed by atoms with E-state index in [1.807, 2.05) is 14.0 Å². The lowest BCUT2D eigenvalue weighted by atomic mass is 10.1. The van der Waals surface area contributed by atoms with Gasteiger partial charge in [0.1, 0.15) is 0 Å². The molecule has 1 atom stereocenters. The van der Waals surface area contributed by atoms with Crippen molar-refractivity contribution in [3.63, 3.8) is 0 Å². The lowest BCUT2D eigenvalue weighted by molar-refractivity contribution is -0.124. The van der Waals surface area contributed by atoms with Crippen LogP contribution in [0.1, 0.15) is 25.5 Å². The average Bonchev–Trinajstić information content (AvgIpc) is 3.09. The summed E-state index contributed by atoms with van der Waals surface area (Å²) < 4.78 is 0. The Bertz CT molecular complexity index is 438. The van der Waals surface area contributed by atoms with Gasteiger partial charge >= 0.3 is 0 Å². The van der Waals surface area contributed by atoms with Crippen LogP contribution < -0.4 is 15.5 Å². The van der Waals surface area contributed by atoms with Crippen LogP contribution in [-0.4, -0.2) is 44.1 Å². The van der Waals surface area contributed by atoms with E-state index in [1.165, 1.54) is 12.8 Å². The second-order valence-electron chi connectivity index (χ2n) is 5.32. The van der Waals surface area contributed by atoms with Gasteiger partial charge in [-0.05, 0) is 19.9 Å². The van der Waals surface area contributed by atoms with E-state index in [0.29, 0.717) is 13.1 Å². The first-order chi connectivity index (χ1) is 9.70. The fourth-order valence-electron chi connectivity index (χ4n) is 2.35. The molecular weight excluding hydrogens is 343 g/mol. The van der Waals surface area contributed by atoms with Gasteiger partial charge < -0.3 is 15.5 Å². The molecule has 0 radical (unpaired) electrons. The molecule has 2 N–H and O–H groups in total. The van der Waals surface area contributed by atoms with Crippen LogP contribution in [0.15, 0.2) is 5.38 Å². The molecule has 22 heavy (non-hydrogen) atoms. The zero-order valence-corrected chi connectivity index (χ0v) is 15.6. The van der Waals surface area contributed by atoms with Crippen molar-refractivity contribution >= 4 is 47.2 Å². The number of anilines is 1. The van der Waals surface area contributed by atoms with E-state index in [-0.39, 0.29) is 36.6 Å². The lowest BCUT2D eigenvalue weighted by Crippen LogP contribution is -2.35. The molecule has 1 aliphatic heterocycles. The van der Waals surface area contributed by atoms with Gasteiger partial charge in [-0.2, -0.15) is 0 Å². The number of aromatic nitrogens is 1. The maximum absolute atomic E-state index is 11.8. The van der Waals surface area contributed by atoms with Gasteiger partial charge in [-0.25, -0.2) is 4.98 Å². The van der Waals surface area contributed by atoms with Crippen LogP contribution in [-0.2, 0) is 11.2 Å². The minimum Gasteiger partial charge on any atom is -0.355 e. The van der Waals surface area contributed by atoms with Crippen molar-refractivity contribution in [1.82, 2.24) is 15.6 Å². The molecule has 1 aliphatic rings. The zero-order valence-electron chi connectivity index (χ0n) is 13.1. The third-order valence-corrected chi connectivity index (χ3v) is 4.50. The number of rotatable bonds is 7. The van der Waals surface area contributed by atoms with Gasteiger partial charge in [0.25, 0.3) is 0 Å². The van der Waals surface area contributed by atoms with Crippen LogP contribution in [0.2, 0.25) is 0 Å². The number of nitrogens with one attached hydrogen (secondary N) is 2. The van der Waals surface area contributed by atoms with Crippen LogP contribution >= 0.6 is 36.2 Å². The number of halogens is 2. The maximum atomic E-state index is 11.8. The van der Waals surface area contributed by atoms with Gasteiger partial charge in [-0.3, -0.25) is 4.79 Å². The Morgan fingerprint density at radius 3 is 2.73 bits per heavy atom. The monoisotopic (exact) mass is 368 g/mol. The van der Waals surface area contributed by atoms with Crippen molar-refractivity contribution in [2.75, 3.05) is 38.1 Å². The summed E-state index contributed by atoms with van der Waals surface area (Å²) in [4.78, 5) is 18.8. The van der Waals surface area contributed by atoms with Crippen molar-refractivity contribution in [2.24, 2.45) is 5.92 Å². The molecule has 1 unspecified atom stereocenters. The Kier molecular flexibility index (Phi) is 10.8. The Morgan fingerprint density at radius 1 is 1.41 bits per heavy atom. The van der Waals surface area contributed by atoms with Crippen molar-refractivity contribution in [3.05, 3.63) is 11.1 Å². The van der Waals surface area contributed by atoms with Gasteiger partial charge in [-0.15, -0.1) is 36.2 Å². The van der Waals surface area contributed by atoms with E-state index in [1.54, 1.807) is 11.3 Å². The highest BCUT2D eigenvalue weighted by molar-refractivity contribution is 7.13. The standard InChI is InChI=1S/C14H24N4OS.2ClH/c1-11(9-15-2)13(19)16-6-5-12-10-20-14(17-12)18-7-3-4-8-18;;/h10-11,15H,3-9H2,1-2H3,(H,16,19);2*1H. The molecular formula is C14H26Cl2N4OS. The number of carbonyl (C=O) groups excluding carboxylic acids is 1. The minimum atomic E-state index is 0. The predicted octanol–water partition coefficient (Wildman–Crippen LogP) is 2.10. The second kappa shape index (κ2) is 11.0. The Hall–Kier alpha value is -0.560. The molecule has 1 fully saturated rings. The molecule has 0 saturated carbocycles. The smallest absolute Gasteiger partial charge is 0.224 e. The number of carbonyl (C=O) groups is 1. The number of thiazole rings is 1. The second-order valence-corrected chi connectivity index (χ2v) is 6.15. The van der Waals surface area contributed by atoms with Crippen LogP contribution in [0.25, 0.3) is 0 Å². The lowest BCUT2D eigenvalue weighted by Gasteiger charge is -2.12. The largest absolute Gasteiger partial charge is 0.355 e. The first kappa shape index (κ1) is 21.4. The van der Waals surface area contributed by atoms with Crippen LogP contribution in [0.4, 0.5) is 5.13 Å². The molecule has 1 saturated heterocycles. The van der Waals surface area contributed by atoms with Crippen molar-refractivity contribution in [2.45, 2.75) is 26.2 Å². The van der Waals surface area contributed by atoms with E-state index in [0.717, 1.165) is 30.3 Å². The third kappa shape index (κ3) is 6.28. The highest BCUT2D eigenvalue weighted by atomic mass is 35.5. The number of amides is 1. The summed E-state index contributed by atoms with van der Waals surface area (Å²) in [5.41, 5.74) is 1.08. The third-order valence-electron chi connectivity index (χ3n) is 3.55. The van der Waals surface area contributed by atoms with Gasteiger partial charge in [-0.1, -0.05) is 6.92 Å². The van der Waals surface area contributed by atoms with Gasteiger partial charge in [0, 0.05) is 43.9 Å². The van der Waals surface area contributed by atoms with Gasteiger partial charge in [0.2, 0.25) is 5.91 Å². The number of nitrogens with zero attached hydrogens (tertiary/aromatic N) is 2. The topological polar surface area (TPSA) is 57.3 Å². The van der Waals surface area contributed by atoms with E-state index in [9.17, 15) is 4.79 Å². The van der Waals surface area contributed by atoms with Crippen molar-refractivity contribution < 1.29 is 4.79 Å². The first-order valence-corrected chi connectivity index (χ1v) is 8.20. The fraction of sp³-hybridized carbons (Fsp3) is 0.714. The summed E-state index contributed by atoms with van der Waals surface area (Å²) in [6.07, 6.45) is 3.35. The molecule has 2 rings (SSSR count). The zero-order chi connectivity index (χ0) is 14.4. The first-order valence-electron chi connectivity index (χ1n) is 7.32. The van der Waals surface area contributed by atoms with E-state index >= 15 is 0 Å². The Balaban J connectivity index is 0.00000220. The number of hydrogen-bond acceptors (Lipinski definition) is 5. The highest BCUT2D eigenvalue weighted by Crippen LogP contribution is 2.24. The summed E-state index contributed by atoms with van der Waals surface area (Å²) in [5, 5.41) is 9.22. The summed E-state index contributed by atoms with van der Waals surface area (Å²) in [6.45, 7) is 5.56. The molecule has 0 spiro atoms. The SMILES string of the molecule is CNCC(C)C(=O)NCCc1csc(N2CCCC2)n1.Cl.Cl. The summed E-state index contributed by atoms with van der Waals surface area (Å²) in [6, 6.07) is 0. The van der Waals surface area contributed by atoms with Crippen LogP contribution in [0, 0.1) is 5.92 Å². The minimum absolute atomic E-state index is 0. The molecule has 0 aliphatic carbocycles. The highest BCUT2D eigenvalue weighted by Gasteiger charge is 2.16. The van der Waals surface area contributed by atoms with Crippen LogP contribution in [0.3, 0.4) is 0 Å². The number of hydrogen-bond donors (Lipinski definition) is 2. The van der Waals surface area contributed by atoms with Crippen LogP contribution in [0.5, 0.6) is 0 Å². The normalized spacial score (nSPS) is 14.9. The van der Waals surface area contributed by atoms with Gasteiger partial charge in [0.15, 0.2) is 5.13 Å². The molecule has 128 valence electrons. The Labute approximate surface area is 149 Å². The fourth-order valence-corrected chi connectivity index (χ4v) is 3.27. The molecule has 2 heterocycles. The molecule has 1 aromatic rings. The van der Waals surface area contributed by atoms with Crippen molar-refractivity contribution in [1.29, 1.82) is 0 Å². The molecule has 1 amide bonds. The molecule has 0 aromatic carbocycles. The average molecular weight is 369 g/mol. The molecule has 5 nitrogen and oxygen atoms in total. The quantitative estimate of drug-likeness (QED) is 0.773. The molecule has 1 aromatic heterocycles. The Morgan fingerprint density at radius 2 is 2.09 bits per heavy atom. The molecule has 8 heteroatoms. The predicted molar refractivity (Wildman–Crippen MR) is 97.9 cm³/mol. The molecule has 0 bridgehead atoms. The van der Waals surface area contributed by atoms with E-state index in [2.05, 4.69) is 25.9 Å². The van der Waals surface area contributed by atoms with E-state index < -0.39 is 0 Å². The van der Waals surface area contributed by atoms with Gasteiger partial charge in [0.05, 0.1) is 5.69 Å².